The largest absolute Gasteiger partial charge is 0.339 e. The molecule has 0 saturated carbocycles. The van der Waals surface area contributed by atoms with Crippen molar-refractivity contribution >= 4 is 5.91 Å². The fraction of sp³-hybridized carbons (Fsp3) is 0.269. The van der Waals surface area contributed by atoms with Gasteiger partial charge in [0, 0.05) is 30.9 Å². The number of benzene rings is 2. The van der Waals surface area contributed by atoms with Crippen LogP contribution < -0.4 is 5.56 Å². The SMILES string of the molecule is Cc1cc(C)c(-n2ccccc2=O)cc1C(=O)N1CCC(c2ccc(C#N)cc2)CC1. The van der Waals surface area contributed by atoms with Crippen molar-refractivity contribution in [2.24, 2.45) is 0 Å². The number of carbonyl (C=O) groups excluding carboxylic acids is 1. The van der Waals surface area contributed by atoms with Gasteiger partial charge in [-0.3, -0.25) is 14.2 Å². The smallest absolute Gasteiger partial charge is 0.255 e. The molecular formula is C26H25N3O2. The van der Waals surface area contributed by atoms with E-state index in [9.17, 15) is 9.59 Å². The van der Waals surface area contributed by atoms with Crippen LogP contribution in [0.5, 0.6) is 0 Å². The summed E-state index contributed by atoms with van der Waals surface area (Å²) in [6, 6.07) is 18.8. The van der Waals surface area contributed by atoms with Crippen molar-refractivity contribution in [3.63, 3.8) is 0 Å². The number of rotatable bonds is 3. The van der Waals surface area contributed by atoms with Gasteiger partial charge in [0.05, 0.1) is 17.3 Å². The third kappa shape index (κ3) is 4.15. The van der Waals surface area contributed by atoms with Crippen molar-refractivity contribution in [3.05, 3.63) is 99.0 Å². The lowest BCUT2D eigenvalue weighted by Crippen LogP contribution is -2.38. The molecule has 156 valence electrons. The molecule has 1 saturated heterocycles. The van der Waals surface area contributed by atoms with Gasteiger partial charge < -0.3 is 4.90 Å². The molecule has 2 heterocycles. The summed E-state index contributed by atoms with van der Waals surface area (Å²) in [6.07, 6.45) is 3.53. The molecule has 2 aromatic carbocycles. The zero-order valence-corrected chi connectivity index (χ0v) is 17.8. The van der Waals surface area contributed by atoms with Crippen LogP contribution in [0.15, 0.2) is 65.6 Å². The third-order valence-corrected chi connectivity index (χ3v) is 6.15. The second-order valence-electron chi connectivity index (χ2n) is 8.16. The van der Waals surface area contributed by atoms with Crippen LogP contribution in [0.4, 0.5) is 0 Å². The molecular weight excluding hydrogens is 386 g/mol. The highest BCUT2D eigenvalue weighted by molar-refractivity contribution is 5.96. The lowest BCUT2D eigenvalue weighted by molar-refractivity contribution is 0.0712. The molecule has 1 fully saturated rings. The Bertz CT molecular complexity index is 1210. The highest BCUT2D eigenvalue weighted by Gasteiger charge is 2.26. The normalized spacial score (nSPS) is 14.3. The molecule has 1 aliphatic heterocycles. The molecule has 3 aromatic rings. The zero-order valence-electron chi connectivity index (χ0n) is 17.8. The summed E-state index contributed by atoms with van der Waals surface area (Å²) in [5.41, 5.74) is 5.05. The molecule has 5 heteroatoms. The van der Waals surface area contributed by atoms with Gasteiger partial charge in [0.1, 0.15) is 0 Å². The van der Waals surface area contributed by atoms with E-state index < -0.39 is 0 Å². The Morgan fingerprint density at radius 1 is 1.00 bits per heavy atom. The molecule has 31 heavy (non-hydrogen) atoms. The molecule has 1 aromatic heterocycles. The van der Waals surface area contributed by atoms with Gasteiger partial charge in [0.2, 0.25) is 0 Å². The fourth-order valence-corrected chi connectivity index (χ4v) is 4.37. The average Bonchev–Trinajstić information content (AvgIpc) is 2.80. The van der Waals surface area contributed by atoms with Gasteiger partial charge in [-0.25, -0.2) is 0 Å². The minimum absolute atomic E-state index is 0.0148. The molecule has 0 bridgehead atoms. The maximum absolute atomic E-state index is 13.3. The van der Waals surface area contributed by atoms with Crippen molar-refractivity contribution in [1.29, 1.82) is 5.26 Å². The summed E-state index contributed by atoms with van der Waals surface area (Å²) >= 11 is 0. The number of carbonyl (C=O) groups is 1. The van der Waals surface area contributed by atoms with E-state index in [2.05, 4.69) is 6.07 Å². The van der Waals surface area contributed by atoms with Crippen LogP contribution in [-0.4, -0.2) is 28.5 Å². The molecule has 0 aliphatic carbocycles. The maximum atomic E-state index is 13.3. The summed E-state index contributed by atoms with van der Waals surface area (Å²) in [4.78, 5) is 27.5. The van der Waals surface area contributed by atoms with Gasteiger partial charge in [-0.1, -0.05) is 24.3 Å². The maximum Gasteiger partial charge on any atom is 0.255 e. The van der Waals surface area contributed by atoms with Gasteiger partial charge in [-0.15, -0.1) is 0 Å². The van der Waals surface area contributed by atoms with Crippen LogP contribution in [0.2, 0.25) is 0 Å². The molecule has 5 nitrogen and oxygen atoms in total. The number of hydrogen-bond acceptors (Lipinski definition) is 3. The number of hydrogen-bond donors (Lipinski definition) is 0. The number of nitriles is 1. The first-order valence-electron chi connectivity index (χ1n) is 10.6. The first-order chi connectivity index (χ1) is 15.0. The van der Waals surface area contributed by atoms with E-state index in [1.54, 1.807) is 16.8 Å². The number of likely N-dealkylation sites (tertiary alicyclic amines) is 1. The minimum atomic E-state index is -0.115. The molecule has 0 radical (unpaired) electrons. The average molecular weight is 412 g/mol. The molecule has 0 atom stereocenters. The Morgan fingerprint density at radius 2 is 1.71 bits per heavy atom. The van der Waals surface area contributed by atoms with Gasteiger partial charge in [-0.2, -0.15) is 5.26 Å². The summed E-state index contributed by atoms with van der Waals surface area (Å²) in [6.45, 7) is 5.29. The van der Waals surface area contributed by atoms with Crippen molar-refractivity contribution in [3.8, 4) is 11.8 Å². The lowest BCUT2D eigenvalue weighted by Gasteiger charge is -2.33. The topological polar surface area (TPSA) is 66.1 Å². The Labute approximate surface area is 182 Å². The number of aryl methyl sites for hydroxylation is 2. The van der Waals surface area contributed by atoms with Crippen LogP contribution in [0.25, 0.3) is 5.69 Å². The summed E-state index contributed by atoms with van der Waals surface area (Å²) in [7, 11) is 0. The number of nitrogens with zero attached hydrogens (tertiary/aromatic N) is 3. The summed E-state index contributed by atoms with van der Waals surface area (Å²) in [5, 5.41) is 8.98. The van der Waals surface area contributed by atoms with Gasteiger partial charge in [-0.05, 0) is 73.6 Å². The van der Waals surface area contributed by atoms with Crippen LogP contribution in [0.1, 0.15) is 51.4 Å². The predicted octanol–water partition coefficient (Wildman–Crippen LogP) is 4.35. The van der Waals surface area contributed by atoms with Gasteiger partial charge in [0.15, 0.2) is 0 Å². The third-order valence-electron chi connectivity index (χ3n) is 6.15. The van der Waals surface area contributed by atoms with Crippen LogP contribution in [0, 0.1) is 25.2 Å². The van der Waals surface area contributed by atoms with Crippen molar-refractivity contribution in [2.75, 3.05) is 13.1 Å². The number of piperidine rings is 1. The Kier molecular flexibility index (Phi) is 5.73. The first kappa shape index (κ1) is 20.6. The fourth-order valence-electron chi connectivity index (χ4n) is 4.37. The van der Waals surface area contributed by atoms with Crippen molar-refractivity contribution < 1.29 is 4.79 Å². The van der Waals surface area contributed by atoms with E-state index >= 15 is 0 Å². The second-order valence-corrected chi connectivity index (χ2v) is 8.16. The lowest BCUT2D eigenvalue weighted by atomic mass is 9.88. The quantitative estimate of drug-likeness (QED) is 0.644. The Hall–Kier alpha value is -3.65. The number of pyridine rings is 1. The van der Waals surface area contributed by atoms with Crippen molar-refractivity contribution in [2.45, 2.75) is 32.6 Å². The summed E-state index contributed by atoms with van der Waals surface area (Å²) in [5.74, 6) is 0.412. The van der Waals surface area contributed by atoms with Crippen LogP contribution in [-0.2, 0) is 0 Å². The van der Waals surface area contributed by atoms with E-state index in [1.807, 2.05) is 61.2 Å². The van der Waals surface area contributed by atoms with Crippen LogP contribution >= 0.6 is 0 Å². The number of amides is 1. The first-order valence-corrected chi connectivity index (χ1v) is 10.6. The van der Waals surface area contributed by atoms with E-state index in [0.29, 0.717) is 30.1 Å². The number of aromatic nitrogens is 1. The Morgan fingerprint density at radius 3 is 2.35 bits per heavy atom. The van der Waals surface area contributed by atoms with E-state index in [-0.39, 0.29) is 11.5 Å². The molecule has 0 unspecified atom stereocenters. The highest BCUT2D eigenvalue weighted by Crippen LogP contribution is 2.29. The molecule has 0 N–H and O–H groups in total. The molecule has 1 amide bonds. The molecule has 0 spiro atoms. The molecule has 4 rings (SSSR count). The van der Waals surface area contributed by atoms with E-state index in [1.165, 1.54) is 11.6 Å². The predicted molar refractivity (Wildman–Crippen MR) is 121 cm³/mol. The minimum Gasteiger partial charge on any atom is -0.339 e. The van der Waals surface area contributed by atoms with Gasteiger partial charge >= 0.3 is 0 Å². The monoisotopic (exact) mass is 411 g/mol. The zero-order chi connectivity index (χ0) is 22.0. The van der Waals surface area contributed by atoms with E-state index in [4.69, 9.17) is 5.26 Å². The standard InChI is InChI=1S/C26H25N3O2/c1-18-15-19(2)24(29-12-4-3-5-25(29)30)16-23(18)26(31)28-13-10-22(11-14-28)21-8-6-20(17-27)7-9-21/h3-9,12,15-16,22H,10-11,13-14H2,1-2H3. The van der Waals surface area contributed by atoms with Gasteiger partial charge in [0.25, 0.3) is 11.5 Å². The molecule has 1 aliphatic rings. The van der Waals surface area contributed by atoms with Crippen molar-refractivity contribution in [1.82, 2.24) is 9.47 Å². The highest BCUT2D eigenvalue weighted by atomic mass is 16.2. The Balaban J connectivity index is 1.54. The second kappa shape index (κ2) is 8.61. The van der Waals surface area contributed by atoms with E-state index in [0.717, 1.165) is 29.7 Å². The summed E-state index contributed by atoms with van der Waals surface area (Å²) < 4.78 is 1.59. The van der Waals surface area contributed by atoms with Crippen LogP contribution in [0.3, 0.4) is 0 Å².